The zero-order chi connectivity index (χ0) is 19.6. The smallest absolute Gasteiger partial charge is 0.233 e. The number of carbonyl (C=O) groups is 1. The lowest BCUT2D eigenvalue weighted by molar-refractivity contribution is -0.142. The molecule has 1 saturated carbocycles. The van der Waals surface area contributed by atoms with Gasteiger partial charge in [0.15, 0.2) is 0 Å². The van der Waals surface area contributed by atoms with Gasteiger partial charge in [-0.3, -0.25) is 4.79 Å². The third-order valence-corrected chi connectivity index (χ3v) is 6.22. The number of piperidine rings is 1. The van der Waals surface area contributed by atoms with E-state index < -0.39 is 5.41 Å². The molecule has 1 saturated heterocycles. The molecule has 4 nitrogen and oxygen atoms in total. The van der Waals surface area contributed by atoms with Crippen molar-refractivity contribution in [1.29, 1.82) is 5.26 Å². The van der Waals surface area contributed by atoms with Crippen LogP contribution in [0.15, 0.2) is 48.5 Å². The molecular weight excluding hydrogens is 372 g/mol. The molecule has 2 aromatic carbocycles. The van der Waals surface area contributed by atoms with Crippen LogP contribution in [0.5, 0.6) is 5.75 Å². The second kappa shape index (κ2) is 7.85. The molecule has 1 aliphatic heterocycles. The van der Waals surface area contributed by atoms with Gasteiger partial charge >= 0.3 is 0 Å². The summed E-state index contributed by atoms with van der Waals surface area (Å²) in [6.45, 7) is 1.40. The summed E-state index contributed by atoms with van der Waals surface area (Å²) < 4.78 is 6.05. The Labute approximate surface area is 170 Å². The molecule has 2 fully saturated rings. The monoisotopic (exact) mass is 394 g/mol. The van der Waals surface area contributed by atoms with Crippen LogP contribution in [0, 0.1) is 11.3 Å². The fraction of sp³-hybridized carbons (Fsp3) is 0.391. The van der Waals surface area contributed by atoms with Crippen LogP contribution in [0.1, 0.15) is 43.2 Å². The van der Waals surface area contributed by atoms with Crippen molar-refractivity contribution >= 4 is 17.5 Å². The Morgan fingerprint density at radius 3 is 2.54 bits per heavy atom. The standard InChI is InChI=1S/C23H23ClN2O2/c24-19-6-2-5-18(15-19)23(10-3-11-23)22(27)26-12-8-20(9-13-26)28-21-7-1-4-17(14-21)16-25/h1-2,4-7,14-15,20H,3,8-13H2. The predicted octanol–water partition coefficient (Wildman–Crippen LogP) is 4.70. The van der Waals surface area contributed by atoms with Crippen molar-refractivity contribution in [1.82, 2.24) is 4.90 Å². The van der Waals surface area contributed by atoms with Gasteiger partial charge in [0, 0.05) is 31.0 Å². The van der Waals surface area contributed by atoms with Gasteiger partial charge in [0.2, 0.25) is 5.91 Å². The van der Waals surface area contributed by atoms with Crippen molar-refractivity contribution in [3.63, 3.8) is 0 Å². The lowest BCUT2D eigenvalue weighted by Gasteiger charge is -2.45. The molecule has 144 valence electrons. The van der Waals surface area contributed by atoms with Gasteiger partial charge < -0.3 is 9.64 Å². The largest absolute Gasteiger partial charge is 0.490 e. The van der Waals surface area contributed by atoms with E-state index in [1.807, 2.05) is 41.3 Å². The summed E-state index contributed by atoms with van der Waals surface area (Å²) >= 11 is 6.18. The van der Waals surface area contributed by atoms with Crippen molar-refractivity contribution in [2.45, 2.75) is 43.6 Å². The summed E-state index contributed by atoms with van der Waals surface area (Å²) in [6.07, 6.45) is 4.53. The van der Waals surface area contributed by atoms with Crippen LogP contribution in [0.4, 0.5) is 0 Å². The van der Waals surface area contributed by atoms with Crippen LogP contribution in [-0.4, -0.2) is 30.0 Å². The number of likely N-dealkylation sites (tertiary alicyclic amines) is 1. The molecule has 2 aliphatic rings. The van der Waals surface area contributed by atoms with Gasteiger partial charge in [-0.05, 0) is 48.7 Å². The first-order valence-electron chi connectivity index (χ1n) is 9.83. The molecule has 0 aromatic heterocycles. The van der Waals surface area contributed by atoms with Crippen LogP contribution in [0.2, 0.25) is 5.02 Å². The summed E-state index contributed by atoms with van der Waals surface area (Å²) in [5.41, 5.74) is 1.24. The van der Waals surface area contributed by atoms with Gasteiger partial charge in [0.05, 0.1) is 17.0 Å². The maximum absolute atomic E-state index is 13.4. The van der Waals surface area contributed by atoms with Crippen molar-refractivity contribution in [3.8, 4) is 11.8 Å². The highest BCUT2D eigenvalue weighted by molar-refractivity contribution is 6.30. The Bertz CT molecular complexity index is 909. The van der Waals surface area contributed by atoms with Crippen molar-refractivity contribution in [2.75, 3.05) is 13.1 Å². The fourth-order valence-electron chi connectivity index (χ4n) is 4.25. The molecule has 1 amide bonds. The van der Waals surface area contributed by atoms with Gasteiger partial charge in [-0.2, -0.15) is 5.26 Å². The number of carbonyl (C=O) groups excluding carboxylic acids is 1. The van der Waals surface area contributed by atoms with E-state index >= 15 is 0 Å². The lowest BCUT2D eigenvalue weighted by atomic mass is 9.63. The average molecular weight is 395 g/mol. The number of amides is 1. The summed E-state index contributed by atoms with van der Waals surface area (Å²) in [7, 11) is 0. The van der Waals surface area contributed by atoms with E-state index in [1.165, 1.54) is 0 Å². The molecule has 1 heterocycles. The Kier molecular flexibility index (Phi) is 5.28. The second-order valence-corrected chi connectivity index (χ2v) is 8.13. The molecule has 28 heavy (non-hydrogen) atoms. The van der Waals surface area contributed by atoms with Crippen LogP contribution in [0.25, 0.3) is 0 Å². The maximum Gasteiger partial charge on any atom is 0.233 e. The van der Waals surface area contributed by atoms with Gasteiger partial charge in [0.1, 0.15) is 11.9 Å². The molecule has 0 unspecified atom stereocenters. The molecule has 5 heteroatoms. The summed E-state index contributed by atoms with van der Waals surface area (Å²) in [5.74, 6) is 0.948. The maximum atomic E-state index is 13.4. The first-order valence-corrected chi connectivity index (χ1v) is 10.2. The first-order chi connectivity index (χ1) is 13.6. The zero-order valence-electron chi connectivity index (χ0n) is 15.7. The molecule has 2 aromatic rings. The minimum Gasteiger partial charge on any atom is -0.490 e. The van der Waals surface area contributed by atoms with Crippen molar-refractivity contribution in [3.05, 3.63) is 64.7 Å². The van der Waals surface area contributed by atoms with Crippen molar-refractivity contribution < 1.29 is 9.53 Å². The molecule has 0 radical (unpaired) electrons. The summed E-state index contributed by atoms with van der Waals surface area (Å²) in [5, 5.41) is 9.71. The third kappa shape index (κ3) is 3.59. The van der Waals surface area contributed by atoms with Crippen LogP contribution >= 0.6 is 11.6 Å². The Morgan fingerprint density at radius 2 is 1.89 bits per heavy atom. The first kappa shape index (κ1) is 18.8. The Morgan fingerprint density at radius 1 is 1.14 bits per heavy atom. The molecule has 1 aliphatic carbocycles. The average Bonchev–Trinajstić information content (AvgIpc) is 2.68. The second-order valence-electron chi connectivity index (χ2n) is 7.70. The normalized spacial score (nSPS) is 18.8. The molecule has 0 N–H and O–H groups in total. The number of benzene rings is 2. The summed E-state index contributed by atoms with van der Waals surface area (Å²) in [6, 6.07) is 17.1. The SMILES string of the molecule is N#Cc1cccc(OC2CCN(C(=O)C3(c4cccc(Cl)c4)CCC3)CC2)c1. The van der Waals surface area contributed by atoms with Crippen molar-refractivity contribution in [2.24, 2.45) is 0 Å². The Hall–Kier alpha value is -2.51. The van der Waals surface area contributed by atoms with Crippen LogP contribution < -0.4 is 4.74 Å². The van der Waals surface area contributed by atoms with E-state index in [0.29, 0.717) is 23.7 Å². The number of halogens is 1. The van der Waals surface area contributed by atoms with Gasteiger partial charge in [-0.1, -0.05) is 36.2 Å². The van der Waals surface area contributed by atoms with E-state index in [0.717, 1.165) is 43.4 Å². The van der Waals surface area contributed by atoms with E-state index in [9.17, 15) is 4.79 Å². The minimum absolute atomic E-state index is 0.0708. The van der Waals surface area contributed by atoms with E-state index in [4.69, 9.17) is 21.6 Å². The molecule has 0 spiro atoms. The van der Waals surface area contributed by atoms with Crippen LogP contribution in [-0.2, 0) is 10.2 Å². The Balaban J connectivity index is 1.40. The topological polar surface area (TPSA) is 53.3 Å². The number of hydrogen-bond acceptors (Lipinski definition) is 3. The number of hydrogen-bond donors (Lipinski definition) is 0. The highest BCUT2D eigenvalue weighted by Gasteiger charge is 2.48. The third-order valence-electron chi connectivity index (χ3n) is 5.99. The highest BCUT2D eigenvalue weighted by Crippen LogP contribution is 2.46. The number of rotatable bonds is 4. The van der Waals surface area contributed by atoms with E-state index in [2.05, 4.69) is 6.07 Å². The lowest BCUT2D eigenvalue weighted by Crippen LogP contribution is -2.53. The predicted molar refractivity (Wildman–Crippen MR) is 108 cm³/mol. The quantitative estimate of drug-likeness (QED) is 0.755. The number of ether oxygens (including phenoxy) is 1. The number of nitrogens with zero attached hydrogens (tertiary/aromatic N) is 2. The van der Waals surface area contributed by atoms with Gasteiger partial charge in [-0.15, -0.1) is 0 Å². The molecule has 0 bridgehead atoms. The van der Waals surface area contributed by atoms with E-state index in [-0.39, 0.29) is 12.0 Å². The minimum atomic E-state index is -0.403. The fourth-order valence-corrected chi connectivity index (χ4v) is 4.44. The van der Waals surface area contributed by atoms with E-state index in [1.54, 1.807) is 12.1 Å². The molecule has 4 rings (SSSR count). The number of nitriles is 1. The van der Waals surface area contributed by atoms with Gasteiger partial charge in [0.25, 0.3) is 0 Å². The van der Waals surface area contributed by atoms with Crippen LogP contribution in [0.3, 0.4) is 0 Å². The molecule has 0 atom stereocenters. The zero-order valence-corrected chi connectivity index (χ0v) is 16.5. The summed E-state index contributed by atoms with van der Waals surface area (Å²) in [4.78, 5) is 15.4. The van der Waals surface area contributed by atoms with Gasteiger partial charge in [-0.25, -0.2) is 0 Å². The molecular formula is C23H23ClN2O2. The highest BCUT2D eigenvalue weighted by atomic mass is 35.5.